The van der Waals surface area contributed by atoms with Crippen LogP contribution in [0.5, 0.6) is 0 Å². The van der Waals surface area contributed by atoms with Gasteiger partial charge in [0.25, 0.3) is 0 Å². The topological polar surface area (TPSA) is 73.2 Å². The Morgan fingerprint density at radius 3 is 2.71 bits per heavy atom. The van der Waals surface area contributed by atoms with Crippen molar-refractivity contribution in [2.24, 2.45) is 5.92 Å². The average molecular weight is 349 g/mol. The summed E-state index contributed by atoms with van der Waals surface area (Å²) in [5, 5.41) is 9.07. The minimum atomic E-state index is -0.447. The van der Waals surface area contributed by atoms with E-state index in [1.54, 1.807) is 11.4 Å². The summed E-state index contributed by atoms with van der Waals surface area (Å²) in [4.78, 5) is 24.5. The summed E-state index contributed by atoms with van der Waals surface area (Å²) < 4.78 is 6.67. The molecule has 0 atom stereocenters. The zero-order valence-electron chi connectivity index (χ0n) is 14.7. The van der Waals surface area contributed by atoms with Gasteiger partial charge in [-0.15, -0.1) is 11.3 Å². The highest BCUT2D eigenvalue weighted by Crippen LogP contribution is 2.24. The molecule has 0 fully saturated rings. The van der Waals surface area contributed by atoms with Crippen molar-refractivity contribution >= 4 is 28.9 Å². The molecular weight excluding hydrogens is 326 g/mol. The number of nitrogens with zero attached hydrogens (tertiary/aromatic N) is 2. The van der Waals surface area contributed by atoms with Gasteiger partial charge in [-0.25, -0.2) is 4.79 Å². The van der Waals surface area contributed by atoms with Gasteiger partial charge in [0.2, 0.25) is 5.91 Å². The Hall–Kier alpha value is -2.15. The minimum absolute atomic E-state index is 0.172. The van der Waals surface area contributed by atoms with Gasteiger partial charge in [0, 0.05) is 17.8 Å². The van der Waals surface area contributed by atoms with Gasteiger partial charge >= 0.3 is 5.97 Å². The Balaban J connectivity index is 2.12. The second-order valence-corrected chi connectivity index (χ2v) is 7.02. The number of anilines is 1. The first-order valence-electron chi connectivity index (χ1n) is 7.82. The van der Waals surface area contributed by atoms with E-state index in [0.29, 0.717) is 16.5 Å². The molecule has 1 amide bonds. The minimum Gasteiger partial charge on any atom is -0.465 e. The summed E-state index contributed by atoms with van der Waals surface area (Å²) >= 11 is 1.24. The molecule has 2 rings (SSSR count). The fraction of sp³-hybridized carbons (Fsp3) is 0.471. The molecule has 0 unspecified atom stereocenters. The van der Waals surface area contributed by atoms with E-state index in [-0.39, 0.29) is 12.3 Å². The van der Waals surface area contributed by atoms with Crippen molar-refractivity contribution in [3.63, 3.8) is 0 Å². The maximum Gasteiger partial charge on any atom is 0.350 e. The van der Waals surface area contributed by atoms with Crippen molar-refractivity contribution in [1.82, 2.24) is 9.78 Å². The fourth-order valence-electron chi connectivity index (χ4n) is 2.53. The number of carbonyl (C=O) groups is 2. The van der Waals surface area contributed by atoms with Crippen LogP contribution in [0.15, 0.2) is 11.4 Å². The first-order valence-corrected chi connectivity index (χ1v) is 8.70. The van der Waals surface area contributed by atoms with E-state index >= 15 is 0 Å². The van der Waals surface area contributed by atoms with Crippen molar-refractivity contribution < 1.29 is 14.3 Å². The number of hydrogen-bond donors (Lipinski definition) is 1. The van der Waals surface area contributed by atoms with E-state index in [1.807, 2.05) is 18.5 Å². The molecule has 0 saturated carbocycles. The van der Waals surface area contributed by atoms with Gasteiger partial charge in [-0.1, -0.05) is 13.8 Å². The third-order valence-electron chi connectivity index (χ3n) is 3.72. The summed E-state index contributed by atoms with van der Waals surface area (Å²) in [5.74, 6) is -0.135. The van der Waals surface area contributed by atoms with E-state index in [2.05, 4.69) is 24.3 Å². The zero-order chi connectivity index (χ0) is 17.9. The van der Waals surface area contributed by atoms with E-state index in [1.165, 1.54) is 18.4 Å². The predicted molar refractivity (Wildman–Crippen MR) is 94.5 cm³/mol. The Morgan fingerprint density at radius 1 is 1.38 bits per heavy atom. The van der Waals surface area contributed by atoms with Gasteiger partial charge in [0.05, 0.1) is 24.9 Å². The van der Waals surface area contributed by atoms with Crippen molar-refractivity contribution in [2.45, 2.75) is 40.7 Å². The molecule has 7 heteroatoms. The van der Waals surface area contributed by atoms with Crippen LogP contribution in [-0.2, 0) is 22.5 Å². The summed E-state index contributed by atoms with van der Waals surface area (Å²) in [6.07, 6.45) is 0.228. The summed E-state index contributed by atoms with van der Waals surface area (Å²) in [7, 11) is 1.32. The second-order valence-electron chi connectivity index (χ2n) is 6.11. The largest absolute Gasteiger partial charge is 0.465 e. The Bertz CT molecular complexity index is 746. The molecule has 2 aromatic heterocycles. The standard InChI is InChI=1S/C17H23N3O3S/c1-10(2)9-20-12(4)13(11(3)19-20)8-15(21)18-14-6-7-24-16(14)17(22)23-5/h6-7,10H,8-9H2,1-5H3,(H,18,21). The van der Waals surface area contributed by atoms with E-state index in [9.17, 15) is 9.59 Å². The Morgan fingerprint density at radius 2 is 2.08 bits per heavy atom. The molecule has 1 N–H and O–H groups in total. The Kier molecular flexibility index (Phi) is 5.77. The number of aryl methyl sites for hydroxylation is 1. The van der Waals surface area contributed by atoms with Crippen LogP contribution < -0.4 is 5.32 Å². The highest BCUT2D eigenvalue weighted by atomic mass is 32.1. The van der Waals surface area contributed by atoms with Crippen molar-refractivity contribution in [2.75, 3.05) is 12.4 Å². The predicted octanol–water partition coefficient (Wildman–Crippen LogP) is 3.19. The van der Waals surface area contributed by atoms with E-state index in [4.69, 9.17) is 4.74 Å². The molecule has 0 aliphatic heterocycles. The van der Waals surface area contributed by atoms with Gasteiger partial charge in [-0.2, -0.15) is 5.10 Å². The highest BCUT2D eigenvalue weighted by Gasteiger charge is 2.19. The van der Waals surface area contributed by atoms with Gasteiger partial charge < -0.3 is 10.1 Å². The van der Waals surface area contributed by atoms with Crippen LogP contribution in [0.3, 0.4) is 0 Å². The second kappa shape index (κ2) is 7.61. The van der Waals surface area contributed by atoms with Crippen LogP contribution in [0.1, 0.15) is 40.5 Å². The maximum atomic E-state index is 12.4. The van der Waals surface area contributed by atoms with E-state index in [0.717, 1.165) is 23.5 Å². The lowest BCUT2D eigenvalue weighted by Crippen LogP contribution is -2.17. The number of amides is 1. The smallest absolute Gasteiger partial charge is 0.350 e. The zero-order valence-corrected chi connectivity index (χ0v) is 15.5. The first-order chi connectivity index (χ1) is 11.3. The molecule has 6 nitrogen and oxygen atoms in total. The molecule has 0 aromatic carbocycles. The van der Waals surface area contributed by atoms with Crippen molar-refractivity contribution in [3.8, 4) is 0 Å². The van der Waals surface area contributed by atoms with Gasteiger partial charge in [0.1, 0.15) is 4.88 Å². The Labute approximate surface area is 145 Å². The molecule has 0 radical (unpaired) electrons. The van der Waals surface area contributed by atoms with Crippen LogP contribution in [-0.4, -0.2) is 28.8 Å². The molecule has 130 valence electrons. The van der Waals surface area contributed by atoms with E-state index < -0.39 is 5.97 Å². The summed E-state index contributed by atoms with van der Waals surface area (Å²) in [5.41, 5.74) is 3.29. The highest BCUT2D eigenvalue weighted by molar-refractivity contribution is 7.12. The lowest BCUT2D eigenvalue weighted by Gasteiger charge is -2.08. The quantitative estimate of drug-likeness (QED) is 0.813. The van der Waals surface area contributed by atoms with Crippen LogP contribution in [0.4, 0.5) is 5.69 Å². The third-order valence-corrected chi connectivity index (χ3v) is 4.61. The van der Waals surface area contributed by atoms with Gasteiger partial charge in [0.15, 0.2) is 0 Å². The molecule has 24 heavy (non-hydrogen) atoms. The van der Waals surface area contributed by atoms with Crippen LogP contribution in [0.25, 0.3) is 0 Å². The number of ether oxygens (including phenoxy) is 1. The van der Waals surface area contributed by atoms with Crippen LogP contribution in [0.2, 0.25) is 0 Å². The average Bonchev–Trinajstić information content (AvgIpc) is 3.06. The maximum absolute atomic E-state index is 12.4. The number of rotatable bonds is 6. The van der Waals surface area contributed by atoms with Crippen molar-refractivity contribution in [3.05, 3.63) is 33.3 Å². The molecule has 0 aliphatic rings. The fourth-order valence-corrected chi connectivity index (χ4v) is 3.29. The number of esters is 1. The molecule has 2 heterocycles. The van der Waals surface area contributed by atoms with Crippen molar-refractivity contribution in [1.29, 1.82) is 0 Å². The third kappa shape index (κ3) is 4.03. The molecule has 0 saturated heterocycles. The number of aromatic nitrogens is 2. The van der Waals surface area contributed by atoms with Crippen LogP contribution in [0, 0.1) is 19.8 Å². The molecule has 0 spiro atoms. The molecule has 0 bridgehead atoms. The summed E-state index contributed by atoms with van der Waals surface area (Å²) in [6, 6.07) is 1.71. The lowest BCUT2D eigenvalue weighted by atomic mass is 10.1. The summed E-state index contributed by atoms with van der Waals surface area (Å²) in [6.45, 7) is 8.99. The molecule has 0 aliphatic carbocycles. The van der Waals surface area contributed by atoms with Crippen LogP contribution >= 0.6 is 11.3 Å². The number of hydrogen-bond acceptors (Lipinski definition) is 5. The first kappa shape index (κ1) is 18.2. The number of nitrogens with one attached hydrogen (secondary N) is 1. The number of carbonyl (C=O) groups excluding carboxylic acids is 2. The molecular formula is C17H23N3O3S. The molecule has 2 aromatic rings. The van der Waals surface area contributed by atoms with Gasteiger partial charge in [-0.05, 0) is 31.2 Å². The van der Waals surface area contributed by atoms with Gasteiger partial charge in [-0.3, -0.25) is 9.48 Å². The number of thiophene rings is 1. The SMILES string of the molecule is COC(=O)c1sccc1NC(=O)Cc1c(C)nn(CC(C)C)c1C. The number of methoxy groups -OCH3 is 1. The monoisotopic (exact) mass is 349 g/mol. The lowest BCUT2D eigenvalue weighted by molar-refractivity contribution is -0.115. The normalized spacial score (nSPS) is 10.9.